The Kier molecular flexibility index (Phi) is 2.53. The van der Waals surface area contributed by atoms with E-state index in [0.29, 0.717) is 5.56 Å². The van der Waals surface area contributed by atoms with Crippen LogP contribution < -0.4 is 0 Å². The monoisotopic (exact) mass is 167 g/mol. The molecule has 0 saturated carbocycles. The van der Waals surface area contributed by atoms with Gasteiger partial charge in [0.05, 0.1) is 6.21 Å². The number of phenolic OH excluding ortho intramolecular Hbond substituents is 2. The summed E-state index contributed by atoms with van der Waals surface area (Å²) in [6.45, 7) is 0. The zero-order valence-electron chi connectivity index (χ0n) is 6.56. The van der Waals surface area contributed by atoms with Gasteiger partial charge >= 0.3 is 0 Å². The Hall–Kier alpha value is -1.71. The zero-order chi connectivity index (χ0) is 8.97. The molecule has 4 heteroatoms. The molecule has 0 aliphatic carbocycles. The van der Waals surface area contributed by atoms with Crippen LogP contribution in [0.15, 0.2) is 23.4 Å². The van der Waals surface area contributed by atoms with Crippen molar-refractivity contribution in [1.29, 1.82) is 0 Å². The predicted molar refractivity (Wildman–Crippen MR) is 44.4 cm³/mol. The molecule has 0 aromatic heterocycles. The van der Waals surface area contributed by atoms with E-state index in [-0.39, 0.29) is 11.5 Å². The number of oxime groups is 1. The lowest BCUT2D eigenvalue weighted by molar-refractivity contribution is 0.215. The molecule has 1 aromatic carbocycles. The second-order valence-electron chi connectivity index (χ2n) is 2.20. The first-order valence-corrected chi connectivity index (χ1v) is 3.32. The van der Waals surface area contributed by atoms with Crippen LogP contribution in [0.25, 0.3) is 0 Å². The summed E-state index contributed by atoms with van der Waals surface area (Å²) in [7, 11) is 1.42. The van der Waals surface area contributed by atoms with Gasteiger partial charge in [-0.05, 0) is 12.1 Å². The van der Waals surface area contributed by atoms with Gasteiger partial charge in [0.15, 0.2) is 0 Å². The van der Waals surface area contributed by atoms with Gasteiger partial charge in [0.1, 0.15) is 18.6 Å². The molecule has 0 radical (unpaired) electrons. The standard InChI is InChI=1S/C8H9NO3/c1-12-9-5-6-2-7(10)4-8(11)3-6/h2-5,10-11H,1H3/b9-5+. The summed E-state index contributed by atoms with van der Waals surface area (Å²) < 4.78 is 0. The van der Waals surface area contributed by atoms with Gasteiger partial charge in [-0.1, -0.05) is 5.16 Å². The number of hydrogen-bond donors (Lipinski definition) is 2. The highest BCUT2D eigenvalue weighted by molar-refractivity contribution is 5.80. The van der Waals surface area contributed by atoms with Crippen molar-refractivity contribution < 1.29 is 15.1 Å². The minimum absolute atomic E-state index is 0.00690. The third-order valence-corrected chi connectivity index (χ3v) is 1.23. The normalized spacial score (nSPS) is 10.4. The van der Waals surface area contributed by atoms with Crippen molar-refractivity contribution in [3.8, 4) is 11.5 Å². The van der Waals surface area contributed by atoms with Crippen molar-refractivity contribution in [2.45, 2.75) is 0 Å². The number of rotatable bonds is 2. The number of aromatic hydroxyl groups is 2. The van der Waals surface area contributed by atoms with Crippen LogP contribution in [0, 0.1) is 0 Å². The molecular weight excluding hydrogens is 158 g/mol. The molecule has 0 heterocycles. The van der Waals surface area contributed by atoms with Gasteiger partial charge in [-0.2, -0.15) is 0 Å². The number of hydrogen-bond acceptors (Lipinski definition) is 4. The lowest BCUT2D eigenvalue weighted by Crippen LogP contribution is -1.81. The van der Waals surface area contributed by atoms with Gasteiger partial charge in [-0.15, -0.1) is 0 Å². The van der Waals surface area contributed by atoms with Gasteiger partial charge in [0.2, 0.25) is 0 Å². The van der Waals surface area contributed by atoms with E-state index in [2.05, 4.69) is 9.99 Å². The van der Waals surface area contributed by atoms with Crippen molar-refractivity contribution in [2.75, 3.05) is 7.11 Å². The molecule has 0 bridgehead atoms. The molecule has 1 rings (SSSR count). The van der Waals surface area contributed by atoms with Crippen LogP contribution in [0.2, 0.25) is 0 Å². The zero-order valence-corrected chi connectivity index (χ0v) is 6.56. The van der Waals surface area contributed by atoms with Crippen molar-refractivity contribution in [1.82, 2.24) is 0 Å². The minimum Gasteiger partial charge on any atom is -0.508 e. The maximum Gasteiger partial charge on any atom is 0.119 e. The lowest BCUT2D eigenvalue weighted by atomic mass is 10.2. The number of benzene rings is 1. The maximum absolute atomic E-state index is 9.03. The highest BCUT2D eigenvalue weighted by atomic mass is 16.6. The Labute approximate surface area is 69.7 Å². The van der Waals surface area contributed by atoms with Crippen LogP contribution >= 0.6 is 0 Å². The Morgan fingerprint density at radius 3 is 2.33 bits per heavy atom. The van der Waals surface area contributed by atoms with E-state index in [1.807, 2.05) is 0 Å². The van der Waals surface area contributed by atoms with Crippen LogP contribution in [0.4, 0.5) is 0 Å². The average Bonchev–Trinajstić information content (AvgIpc) is 1.99. The highest BCUT2D eigenvalue weighted by Crippen LogP contribution is 2.18. The molecule has 0 aliphatic heterocycles. The summed E-state index contributed by atoms with van der Waals surface area (Å²) in [6, 6.07) is 4.16. The fourth-order valence-electron chi connectivity index (χ4n) is 0.806. The molecule has 0 unspecified atom stereocenters. The first-order chi connectivity index (χ1) is 5.72. The first-order valence-electron chi connectivity index (χ1n) is 3.32. The van der Waals surface area contributed by atoms with Gasteiger partial charge < -0.3 is 15.1 Å². The fraction of sp³-hybridized carbons (Fsp3) is 0.125. The van der Waals surface area contributed by atoms with Crippen LogP contribution in [0.5, 0.6) is 11.5 Å². The van der Waals surface area contributed by atoms with E-state index in [0.717, 1.165) is 0 Å². The molecule has 0 saturated heterocycles. The van der Waals surface area contributed by atoms with E-state index >= 15 is 0 Å². The maximum atomic E-state index is 9.03. The lowest BCUT2D eigenvalue weighted by Gasteiger charge is -1.96. The van der Waals surface area contributed by atoms with Crippen LogP contribution in [0.3, 0.4) is 0 Å². The third kappa shape index (κ3) is 2.16. The summed E-state index contributed by atoms with van der Waals surface area (Å²) in [5, 5.41) is 21.5. The van der Waals surface area contributed by atoms with Crippen LogP contribution in [0.1, 0.15) is 5.56 Å². The summed E-state index contributed by atoms with van der Waals surface area (Å²) in [4.78, 5) is 4.43. The van der Waals surface area contributed by atoms with E-state index < -0.39 is 0 Å². The van der Waals surface area contributed by atoms with Crippen LogP contribution in [-0.2, 0) is 4.84 Å². The quantitative estimate of drug-likeness (QED) is 0.511. The van der Waals surface area contributed by atoms with Gasteiger partial charge in [0.25, 0.3) is 0 Å². The minimum atomic E-state index is -0.00690. The molecule has 0 amide bonds. The third-order valence-electron chi connectivity index (χ3n) is 1.23. The molecule has 0 spiro atoms. The molecular formula is C8H9NO3. The summed E-state index contributed by atoms with van der Waals surface area (Å²) in [5.41, 5.74) is 0.578. The molecule has 1 aromatic rings. The highest BCUT2D eigenvalue weighted by Gasteiger charge is 1.95. The van der Waals surface area contributed by atoms with E-state index in [4.69, 9.17) is 10.2 Å². The molecule has 0 aliphatic rings. The number of nitrogens with zero attached hydrogens (tertiary/aromatic N) is 1. The van der Waals surface area contributed by atoms with Crippen molar-refractivity contribution in [2.24, 2.45) is 5.16 Å². The molecule has 12 heavy (non-hydrogen) atoms. The molecule has 0 fully saturated rings. The average molecular weight is 167 g/mol. The Bertz CT molecular complexity index is 276. The topological polar surface area (TPSA) is 62.0 Å². The van der Waals surface area contributed by atoms with Crippen molar-refractivity contribution in [3.05, 3.63) is 23.8 Å². The second kappa shape index (κ2) is 3.61. The number of phenols is 2. The van der Waals surface area contributed by atoms with Gasteiger partial charge in [-0.3, -0.25) is 0 Å². The molecule has 64 valence electrons. The molecule has 0 atom stereocenters. The Balaban J connectivity index is 2.93. The van der Waals surface area contributed by atoms with E-state index in [1.54, 1.807) is 0 Å². The predicted octanol–water partition coefficient (Wildman–Crippen LogP) is 1.08. The summed E-state index contributed by atoms with van der Waals surface area (Å²) >= 11 is 0. The van der Waals surface area contributed by atoms with Crippen molar-refractivity contribution in [3.63, 3.8) is 0 Å². The first kappa shape index (κ1) is 8.39. The van der Waals surface area contributed by atoms with Gasteiger partial charge in [-0.25, -0.2) is 0 Å². The molecule has 4 nitrogen and oxygen atoms in total. The smallest absolute Gasteiger partial charge is 0.119 e. The summed E-state index contributed by atoms with van der Waals surface area (Å²) in [5.74, 6) is -0.0138. The fourth-order valence-corrected chi connectivity index (χ4v) is 0.806. The van der Waals surface area contributed by atoms with E-state index in [1.165, 1.54) is 31.5 Å². The van der Waals surface area contributed by atoms with Gasteiger partial charge in [0, 0.05) is 11.6 Å². The summed E-state index contributed by atoms with van der Waals surface area (Å²) in [6.07, 6.45) is 1.39. The largest absolute Gasteiger partial charge is 0.508 e. The second-order valence-corrected chi connectivity index (χ2v) is 2.20. The Morgan fingerprint density at radius 1 is 1.25 bits per heavy atom. The van der Waals surface area contributed by atoms with Crippen LogP contribution in [-0.4, -0.2) is 23.5 Å². The SMILES string of the molecule is CO/N=C/c1cc(O)cc(O)c1. The Morgan fingerprint density at radius 2 is 1.83 bits per heavy atom. The molecule has 2 N–H and O–H groups in total. The van der Waals surface area contributed by atoms with E-state index in [9.17, 15) is 0 Å². The van der Waals surface area contributed by atoms with Crippen molar-refractivity contribution >= 4 is 6.21 Å².